The smallest absolute Gasteiger partial charge is 0.159 e. The summed E-state index contributed by atoms with van der Waals surface area (Å²) in [5, 5.41) is 0. The van der Waals surface area contributed by atoms with Gasteiger partial charge < -0.3 is 4.57 Å². The summed E-state index contributed by atoms with van der Waals surface area (Å²) < 4.78 is 2.42. The number of fused-ring (bicyclic) bond motifs is 5. The zero-order valence-corrected chi connectivity index (χ0v) is 14.6. The largest absolute Gasteiger partial charge is 0.327 e. The van der Waals surface area contributed by atoms with Crippen LogP contribution in [-0.4, -0.2) is 37.5 Å². The summed E-state index contributed by atoms with van der Waals surface area (Å²) >= 11 is 0. The lowest BCUT2D eigenvalue weighted by molar-refractivity contribution is 0.241. The molecule has 0 saturated carbocycles. The number of hydrogen-bond acceptors (Lipinski definition) is 4. The molecule has 5 rings (SSSR count). The number of aryl methyl sites for hydroxylation is 3. The topological polar surface area (TPSA) is 46.8 Å². The van der Waals surface area contributed by atoms with Crippen LogP contribution in [-0.2, 0) is 19.4 Å². The predicted molar refractivity (Wildman–Crippen MR) is 97.5 cm³/mol. The van der Waals surface area contributed by atoms with E-state index >= 15 is 0 Å². The Kier molecular flexibility index (Phi) is 3.55. The van der Waals surface area contributed by atoms with E-state index in [9.17, 15) is 0 Å². The van der Waals surface area contributed by atoms with E-state index in [4.69, 9.17) is 9.97 Å². The van der Waals surface area contributed by atoms with Crippen molar-refractivity contribution < 1.29 is 0 Å². The fraction of sp³-hybridized carbons (Fsp3) is 0.450. The molecule has 1 unspecified atom stereocenters. The third-order valence-electron chi connectivity index (χ3n) is 5.67. The highest BCUT2D eigenvalue weighted by Gasteiger charge is 2.36. The van der Waals surface area contributed by atoms with Gasteiger partial charge in [0.1, 0.15) is 5.52 Å². The molecule has 0 spiro atoms. The van der Waals surface area contributed by atoms with E-state index in [1.165, 1.54) is 30.6 Å². The highest BCUT2D eigenvalue weighted by Crippen LogP contribution is 2.41. The number of hydrogen-bond donors (Lipinski definition) is 0. The SMILES string of the molecule is Cc1cnc2c(n1)c1c(n2CCc2ccccn2)CCN2CCCC12. The normalized spacial score (nSPS) is 20.0. The van der Waals surface area contributed by atoms with E-state index in [-0.39, 0.29) is 0 Å². The lowest BCUT2D eigenvalue weighted by atomic mass is 9.98. The molecule has 5 heterocycles. The minimum Gasteiger partial charge on any atom is -0.327 e. The summed E-state index contributed by atoms with van der Waals surface area (Å²) in [6.45, 7) is 5.35. The van der Waals surface area contributed by atoms with Gasteiger partial charge in [-0.05, 0) is 38.4 Å². The summed E-state index contributed by atoms with van der Waals surface area (Å²) in [5.41, 5.74) is 7.24. The van der Waals surface area contributed by atoms with E-state index in [1.807, 2.05) is 25.4 Å². The summed E-state index contributed by atoms with van der Waals surface area (Å²) in [6, 6.07) is 6.68. The summed E-state index contributed by atoms with van der Waals surface area (Å²) in [4.78, 5) is 16.8. The maximum Gasteiger partial charge on any atom is 0.159 e. The molecule has 3 aromatic heterocycles. The van der Waals surface area contributed by atoms with Crippen LogP contribution in [0.15, 0.2) is 30.6 Å². The van der Waals surface area contributed by atoms with Crippen LogP contribution >= 0.6 is 0 Å². The second-order valence-corrected chi connectivity index (χ2v) is 7.21. The summed E-state index contributed by atoms with van der Waals surface area (Å²) in [6.07, 6.45) is 8.35. The van der Waals surface area contributed by atoms with Crippen molar-refractivity contribution in [2.75, 3.05) is 13.1 Å². The molecule has 0 radical (unpaired) electrons. The zero-order valence-electron chi connectivity index (χ0n) is 14.6. The van der Waals surface area contributed by atoms with E-state index in [0.29, 0.717) is 6.04 Å². The Morgan fingerprint density at radius 2 is 2.16 bits per heavy atom. The molecular formula is C20H23N5. The monoisotopic (exact) mass is 333 g/mol. The molecule has 3 aromatic rings. The second kappa shape index (κ2) is 5.92. The molecule has 0 N–H and O–H groups in total. The van der Waals surface area contributed by atoms with Gasteiger partial charge in [-0.25, -0.2) is 9.97 Å². The van der Waals surface area contributed by atoms with E-state index in [0.717, 1.165) is 48.5 Å². The van der Waals surface area contributed by atoms with Crippen LogP contribution in [0.1, 0.15) is 41.5 Å². The molecule has 0 bridgehead atoms. The van der Waals surface area contributed by atoms with Crippen molar-refractivity contribution >= 4 is 11.2 Å². The first-order valence-electron chi connectivity index (χ1n) is 9.30. The van der Waals surface area contributed by atoms with Gasteiger partial charge in [-0.1, -0.05) is 6.07 Å². The molecule has 128 valence electrons. The van der Waals surface area contributed by atoms with Crippen LogP contribution in [0.2, 0.25) is 0 Å². The van der Waals surface area contributed by atoms with Gasteiger partial charge in [0, 0.05) is 55.1 Å². The number of nitrogens with zero attached hydrogens (tertiary/aromatic N) is 5. The molecule has 1 atom stereocenters. The van der Waals surface area contributed by atoms with Crippen molar-refractivity contribution in [3.05, 3.63) is 53.2 Å². The quantitative estimate of drug-likeness (QED) is 0.739. The number of pyridine rings is 1. The fourth-order valence-electron chi connectivity index (χ4n) is 4.56. The molecular weight excluding hydrogens is 310 g/mol. The van der Waals surface area contributed by atoms with E-state index in [2.05, 4.69) is 26.6 Å². The average Bonchev–Trinajstić information content (AvgIpc) is 3.22. The standard InChI is InChI=1S/C20H23N5/c1-14-13-22-20-19(23-14)18-16-6-4-10-24(16)11-8-17(18)25(20)12-7-15-5-2-3-9-21-15/h2-3,5,9,13,16H,4,6-8,10-12H2,1H3. The average molecular weight is 333 g/mol. The fourth-order valence-corrected chi connectivity index (χ4v) is 4.56. The molecule has 1 saturated heterocycles. The van der Waals surface area contributed by atoms with Gasteiger partial charge in [0.2, 0.25) is 0 Å². The van der Waals surface area contributed by atoms with Crippen LogP contribution in [0.3, 0.4) is 0 Å². The maximum atomic E-state index is 4.90. The van der Waals surface area contributed by atoms with E-state index in [1.54, 1.807) is 0 Å². The van der Waals surface area contributed by atoms with Gasteiger partial charge in [0.05, 0.1) is 11.9 Å². The summed E-state index contributed by atoms with van der Waals surface area (Å²) in [5.74, 6) is 0. The van der Waals surface area contributed by atoms with Gasteiger partial charge >= 0.3 is 0 Å². The van der Waals surface area contributed by atoms with Gasteiger partial charge in [0.15, 0.2) is 5.65 Å². The van der Waals surface area contributed by atoms with Crippen LogP contribution < -0.4 is 0 Å². The van der Waals surface area contributed by atoms with Gasteiger partial charge in [-0.15, -0.1) is 0 Å². The van der Waals surface area contributed by atoms with Crippen molar-refractivity contribution in [2.45, 2.75) is 45.2 Å². The first-order chi connectivity index (χ1) is 12.3. The molecule has 0 amide bonds. The molecule has 2 aliphatic heterocycles. The van der Waals surface area contributed by atoms with Crippen molar-refractivity contribution in [1.82, 2.24) is 24.4 Å². The Labute approximate surface area is 147 Å². The van der Waals surface area contributed by atoms with E-state index < -0.39 is 0 Å². The third-order valence-corrected chi connectivity index (χ3v) is 5.67. The minimum absolute atomic E-state index is 0.540. The van der Waals surface area contributed by atoms with Gasteiger partial charge in [-0.3, -0.25) is 9.88 Å². The number of rotatable bonds is 3. The molecule has 5 nitrogen and oxygen atoms in total. The zero-order chi connectivity index (χ0) is 16.8. The van der Waals surface area contributed by atoms with Crippen LogP contribution in [0.25, 0.3) is 11.2 Å². The molecule has 5 heteroatoms. The lowest BCUT2D eigenvalue weighted by Gasteiger charge is -2.30. The highest BCUT2D eigenvalue weighted by atomic mass is 15.2. The maximum absolute atomic E-state index is 4.90. The third kappa shape index (κ3) is 2.45. The van der Waals surface area contributed by atoms with Crippen LogP contribution in [0, 0.1) is 6.92 Å². The van der Waals surface area contributed by atoms with Gasteiger partial charge in [0.25, 0.3) is 0 Å². The molecule has 0 aromatic carbocycles. The number of aromatic nitrogens is 4. The highest BCUT2D eigenvalue weighted by molar-refractivity contribution is 5.79. The van der Waals surface area contributed by atoms with Crippen LogP contribution in [0.5, 0.6) is 0 Å². The second-order valence-electron chi connectivity index (χ2n) is 7.21. The van der Waals surface area contributed by atoms with Crippen molar-refractivity contribution in [3.8, 4) is 0 Å². The molecule has 1 fully saturated rings. The molecule has 25 heavy (non-hydrogen) atoms. The van der Waals surface area contributed by atoms with Crippen molar-refractivity contribution in [2.24, 2.45) is 0 Å². The van der Waals surface area contributed by atoms with Gasteiger partial charge in [-0.2, -0.15) is 0 Å². The van der Waals surface area contributed by atoms with Crippen molar-refractivity contribution in [3.63, 3.8) is 0 Å². The Bertz CT molecular complexity index is 915. The predicted octanol–water partition coefficient (Wildman–Crippen LogP) is 3.07. The molecule has 2 aliphatic rings. The van der Waals surface area contributed by atoms with Crippen LogP contribution in [0.4, 0.5) is 0 Å². The Hall–Kier alpha value is -2.27. The molecule has 0 aliphatic carbocycles. The Morgan fingerprint density at radius 1 is 1.20 bits per heavy atom. The Morgan fingerprint density at radius 3 is 3.04 bits per heavy atom. The minimum atomic E-state index is 0.540. The van der Waals surface area contributed by atoms with Crippen molar-refractivity contribution in [1.29, 1.82) is 0 Å². The summed E-state index contributed by atoms with van der Waals surface area (Å²) in [7, 11) is 0. The first kappa shape index (κ1) is 15.0. The lowest BCUT2D eigenvalue weighted by Crippen LogP contribution is -2.31. The Balaban J connectivity index is 1.61. The first-order valence-corrected chi connectivity index (χ1v) is 9.30.